The fourth-order valence-electron chi connectivity index (χ4n) is 2.31. The predicted molar refractivity (Wildman–Crippen MR) is 69.8 cm³/mol. The molecule has 1 aliphatic rings. The highest BCUT2D eigenvalue weighted by Crippen LogP contribution is 2.22. The number of anilines is 1. The third-order valence-electron chi connectivity index (χ3n) is 3.39. The van der Waals surface area contributed by atoms with Gasteiger partial charge in [0.15, 0.2) is 0 Å². The number of aryl methyl sites for hydroxylation is 1. The summed E-state index contributed by atoms with van der Waals surface area (Å²) >= 11 is 0. The van der Waals surface area contributed by atoms with E-state index in [-0.39, 0.29) is 5.92 Å². The zero-order valence-electron chi connectivity index (χ0n) is 10.6. The molecule has 1 saturated heterocycles. The Morgan fingerprint density at radius 2 is 2.28 bits per heavy atom. The van der Waals surface area contributed by atoms with Gasteiger partial charge in [-0.2, -0.15) is 0 Å². The van der Waals surface area contributed by atoms with Crippen LogP contribution in [-0.4, -0.2) is 30.3 Å². The van der Waals surface area contributed by atoms with Crippen molar-refractivity contribution in [2.24, 2.45) is 5.92 Å². The minimum Gasteiger partial charge on any atom is -0.480 e. The van der Waals surface area contributed by atoms with E-state index in [1.54, 1.807) is 0 Å². The maximum Gasteiger partial charge on any atom is 0.326 e. The van der Waals surface area contributed by atoms with Gasteiger partial charge < -0.3 is 15.2 Å². The molecule has 0 saturated carbocycles. The highest BCUT2D eigenvalue weighted by Gasteiger charge is 2.30. The second-order valence-electron chi connectivity index (χ2n) is 4.75. The van der Waals surface area contributed by atoms with E-state index in [1.807, 2.05) is 31.2 Å². The summed E-state index contributed by atoms with van der Waals surface area (Å²) in [6, 6.07) is 7.16. The Balaban J connectivity index is 2.11. The summed E-state index contributed by atoms with van der Waals surface area (Å²) < 4.78 is 5.38. The summed E-state index contributed by atoms with van der Waals surface area (Å²) in [6.45, 7) is 3.24. The van der Waals surface area contributed by atoms with Gasteiger partial charge in [0, 0.05) is 18.2 Å². The van der Waals surface area contributed by atoms with Crippen molar-refractivity contribution in [2.45, 2.75) is 25.8 Å². The van der Waals surface area contributed by atoms with E-state index in [0.29, 0.717) is 6.61 Å². The molecule has 98 valence electrons. The molecule has 1 aromatic rings. The van der Waals surface area contributed by atoms with Gasteiger partial charge in [0.25, 0.3) is 0 Å². The Morgan fingerprint density at radius 3 is 2.89 bits per heavy atom. The van der Waals surface area contributed by atoms with Crippen molar-refractivity contribution in [2.75, 3.05) is 18.5 Å². The van der Waals surface area contributed by atoms with Crippen molar-refractivity contribution in [3.63, 3.8) is 0 Å². The minimum absolute atomic E-state index is 0.0378. The number of hydrogen-bond acceptors (Lipinski definition) is 3. The van der Waals surface area contributed by atoms with Crippen LogP contribution in [0.1, 0.15) is 18.4 Å². The summed E-state index contributed by atoms with van der Waals surface area (Å²) in [6.07, 6.45) is 1.83. The standard InChI is InChI=1S/C14H19NO3/c1-10-5-2-3-7-12(10)15-13(14(16)17)11-6-4-8-18-9-11/h2-3,5,7,11,13,15H,4,6,8-9H2,1H3,(H,16,17). The van der Waals surface area contributed by atoms with E-state index in [1.165, 1.54) is 0 Å². The lowest BCUT2D eigenvalue weighted by Crippen LogP contribution is -2.41. The van der Waals surface area contributed by atoms with Crippen LogP contribution < -0.4 is 5.32 Å². The molecular formula is C14H19NO3. The zero-order chi connectivity index (χ0) is 13.0. The summed E-state index contributed by atoms with van der Waals surface area (Å²) in [5.41, 5.74) is 1.94. The number of carboxylic acid groups (broad SMARTS) is 1. The molecule has 4 nitrogen and oxygen atoms in total. The van der Waals surface area contributed by atoms with Crippen LogP contribution in [0.15, 0.2) is 24.3 Å². The minimum atomic E-state index is -0.811. The number of carboxylic acids is 1. The van der Waals surface area contributed by atoms with Crippen molar-refractivity contribution in [1.82, 2.24) is 0 Å². The third-order valence-corrected chi connectivity index (χ3v) is 3.39. The van der Waals surface area contributed by atoms with Gasteiger partial charge in [-0.25, -0.2) is 4.79 Å². The molecule has 0 spiro atoms. The van der Waals surface area contributed by atoms with Crippen LogP contribution in [0.5, 0.6) is 0 Å². The lowest BCUT2D eigenvalue weighted by Gasteiger charge is -2.29. The van der Waals surface area contributed by atoms with Crippen LogP contribution >= 0.6 is 0 Å². The van der Waals surface area contributed by atoms with Gasteiger partial charge in [-0.15, -0.1) is 0 Å². The first-order valence-electron chi connectivity index (χ1n) is 6.31. The van der Waals surface area contributed by atoms with Crippen molar-refractivity contribution in [1.29, 1.82) is 0 Å². The maximum atomic E-state index is 11.4. The van der Waals surface area contributed by atoms with Gasteiger partial charge in [-0.05, 0) is 31.4 Å². The molecule has 4 heteroatoms. The van der Waals surface area contributed by atoms with Crippen LogP contribution in [0.3, 0.4) is 0 Å². The first-order valence-corrected chi connectivity index (χ1v) is 6.31. The van der Waals surface area contributed by atoms with Gasteiger partial charge >= 0.3 is 5.97 Å². The molecular weight excluding hydrogens is 230 g/mol. The van der Waals surface area contributed by atoms with Crippen molar-refractivity contribution >= 4 is 11.7 Å². The van der Waals surface area contributed by atoms with Gasteiger partial charge in [0.2, 0.25) is 0 Å². The van der Waals surface area contributed by atoms with Crippen LogP contribution in [0.25, 0.3) is 0 Å². The maximum absolute atomic E-state index is 11.4. The Kier molecular flexibility index (Phi) is 4.20. The van der Waals surface area contributed by atoms with Gasteiger partial charge in [0.05, 0.1) is 6.61 Å². The summed E-state index contributed by atoms with van der Waals surface area (Å²) in [5, 5.41) is 12.5. The molecule has 2 unspecified atom stereocenters. The molecule has 0 bridgehead atoms. The Bertz CT molecular complexity index is 413. The number of carbonyl (C=O) groups is 1. The molecule has 0 amide bonds. The second-order valence-corrected chi connectivity index (χ2v) is 4.75. The van der Waals surface area contributed by atoms with Gasteiger partial charge in [0.1, 0.15) is 6.04 Å². The topological polar surface area (TPSA) is 58.6 Å². The number of ether oxygens (including phenoxy) is 1. The van der Waals surface area contributed by atoms with Crippen molar-refractivity contribution in [3.8, 4) is 0 Å². The number of para-hydroxylation sites is 1. The molecule has 0 aromatic heterocycles. The van der Waals surface area contributed by atoms with Crippen LogP contribution in [0.2, 0.25) is 0 Å². The highest BCUT2D eigenvalue weighted by molar-refractivity contribution is 5.78. The van der Waals surface area contributed by atoms with E-state index < -0.39 is 12.0 Å². The molecule has 1 aromatic carbocycles. The first-order chi connectivity index (χ1) is 8.68. The summed E-state index contributed by atoms with van der Waals surface area (Å²) in [7, 11) is 0. The summed E-state index contributed by atoms with van der Waals surface area (Å²) in [4.78, 5) is 11.4. The van der Waals surface area contributed by atoms with Crippen molar-refractivity contribution in [3.05, 3.63) is 29.8 Å². The number of hydrogen-bond donors (Lipinski definition) is 2. The second kappa shape index (κ2) is 5.87. The average molecular weight is 249 g/mol. The molecule has 2 rings (SSSR count). The fraction of sp³-hybridized carbons (Fsp3) is 0.500. The number of benzene rings is 1. The number of aliphatic carboxylic acids is 1. The number of rotatable bonds is 4. The smallest absolute Gasteiger partial charge is 0.326 e. The fourth-order valence-corrected chi connectivity index (χ4v) is 2.31. The zero-order valence-corrected chi connectivity index (χ0v) is 10.6. The molecule has 1 aliphatic heterocycles. The van der Waals surface area contributed by atoms with Crippen LogP contribution in [0.4, 0.5) is 5.69 Å². The molecule has 0 aliphatic carbocycles. The molecule has 1 fully saturated rings. The molecule has 2 N–H and O–H groups in total. The quantitative estimate of drug-likeness (QED) is 0.859. The normalized spacial score (nSPS) is 21.3. The number of nitrogens with one attached hydrogen (secondary N) is 1. The lowest BCUT2D eigenvalue weighted by atomic mass is 9.93. The average Bonchev–Trinajstić information content (AvgIpc) is 2.38. The molecule has 2 atom stereocenters. The van der Waals surface area contributed by atoms with Crippen molar-refractivity contribution < 1.29 is 14.6 Å². The third kappa shape index (κ3) is 3.01. The SMILES string of the molecule is Cc1ccccc1NC(C(=O)O)C1CCCOC1. The van der Waals surface area contributed by atoms with E-state index in [0.717, 1.165) is 30.7 Å². The monoisotopic (exact) mass is 249 g/mol. The van der Waals surface area contributed by atoms with Gasteiger partial charge in [-0.3, -0.25) is 0 Å². The van der Waals surface area contributed by atoms with E-state index in [2.05, 4.69) is 5.32 Å². The largest absolute Gasteiger partial charge is 0.480 e. The lowest BCUT2D eigenvalue weighted by molar-refractivity contribution is -0.140. The Labute approximate surface area is 107 Å². The Hall–Kier alpha value is -1.55. The predicted octanol–water partition coefficient (Wildman–Crippen LogP) is 2.29. The van der Waals surface area contributed by atoms with E-state index >= 15 is 0 Å². The van der Waals surface area contributed by atoms with Crippen LogP contribution in [0, 0.1) is 12.8 Å². The highest BCUT2D eigenvalue weighted by atomic mass is 16.5. The van der Waals surface area contributed by atoms with E-state index in [9.17, 15) is 9.90 Å². The summed E-state index contributed by atoms with van der Waals surface area (Å²) in [5.74, 6) is -0.774. The van der Waals surface area contributed by atoms with E-state index in [4.69, 9.17) is 4.74 Å². The molecule has 18 heavy (non-hydrogen) atoms. The van der Waals surface area contributed by atoms with Crippen LogP contribution in [-0.2, 0) is 9.53 Å². The van der Waals surface area contributed by atoms with Gasteiger partial charge in [-0.1, -0.05) is 18.2 Å². The molecule has 0 radical (unpaired) electrons. The Morgan fingerprint density at radius 1 is 1.50 bits per heavy atom. The molecule has 1 heterocycles. The first kappa shape index (κ1) is 12.9.